The minimum absolute atomic E-state index is 0.127. The molecule has 0 fully saturated rings. The topological polar surface area (TPSA) is 74.7 Å². The number of hydrogen-bond acceptors (Lipinski definition) is 6. The van der Waals surface area contributed by atoms with Crippen LogP contribution in [0.25, 0.3) is 10.2 Å². The Labute approximate surface area is 177 Å². The Morgan fingerprint density at radius 3 is 2.79 bits per heavy atom. The van der Waals surface area contributed by atoms with Crippen molar-refractivity contribution in [3.8, 4) is 0 Å². The van der Waals surface area contributed by atoms with Crippen LogP contribution in [0.1, 0.15) is 24.8 Å². The van der Waals surface area contributed by atoms with Crippen molar-refractivity contribution in [1.82, 2.24) is 9.99 Å². The lowest BCUT2D eigenvalue weighted by Gasteiger charge is -2.11. The quantitative estimate of drug-likeness (QED) is 0.596. The Bertz CT molecular complexity index is 1080. The minimum atomic E-state index is -0.182. The monoisotopic (exact) mass is 424 g/mol. The van der Waals surface area contributed by atoms with E-state index < -0.39 is 0 Å². The van der Waals surface area contributed by atoms with Gasteiger partial charge in [0.05, 0.1) is 22.5 Å². The number of fused-ring (bicyclic) bond motifs is 1. The van der Waals surface area contributed by atoms with Crippen LogP contribution in [-0.4, -0.2) is 40.3 Å². The van der Waals surface area contributed by atoms with Crippen molar-refractivity contribution >= 4 is 56.5 Å². The zero-order chi connectivity index (χ0) is 20.2. The molecule has 0 atom stereocenters. The van der Waals surface area contributed by atoms with Crippen LogP contribution in [-0.2, 0) is 9.59 Å². The summed E-state index contributed by atoms with van der Waals surface area (Å²) in [6.45, 7) is 0.560. The molecule has 1 aliphatic rings. The van der Waals surface area contributed by atoms with E-state index in [4.69, 9.17) is 0 Å². The molecule has 6 nitrogen and oxygen atoms in total. The van der Waals surface area contributed by atoms with Crippen LogP contribution in [0.4, 0.5) is 5.69 Å². The second-order valence-corrected chi connectivity index (χ2v) is 8.68. The highest BCUT2D eigenvalue weighted by Crippen LogP contribution is 2.30. The number of nitrogens with zero attached hydrogens (tertiary/aromatic N) is 3. The lowest BCUT2D eigenvalue weighted by atomic mass is 10.1. The highest BCUT2D eigenvalue weighted by molar-refractivity contribution is 8.00. The summed E-state index contributed by atoms with van der Waals surface area (Å²) >= 11 is 3.20. The Balaban J connectivity index is 1.31. The molecule has 2 aromatic carbocycles. The molecule has 8 heteroatoms. The van der Waals surface area contributed by atoms with E-state index >= 15 is 0 Å². The molecule has 0 spiro atoms. The first-order valence-electron chi connectivity index (χ1n) is 9.30. The number of benzene rings is 2. The lowest BCUT2D eigenvalue weighted by molar-refractivity contribution is -0.132. The Morgan fingerprint density at radius 2 is 2.00 bits per heavy atom. The van der Waals surface area contributed by atoms with Gasteiger partial charge in [0.2, 0.25) is 11.8 Å². The zero-order valence-corrected chi connectivity index (χ0v) is 17.6. The van der Waals surface area contributed by atoms with Gasteiger partial charge >= 0.3 is 0 Å². The summed E-state index contributed by atoms with van der Waals surface area (Å²) in [5, 5.41) is 8.77. The maximum Gasteiger partial charge on any atom is 0.243 e. The molecule has 0 bridgehead atoms. The summed E-state index contributed by atoms with van der Waals surface area (Å²) in [7, 11) is 0. The Morgan fingerprint density at radius 1 is 1.17 bits per heavy atom. The zero-order valence-electron chi connectivity index (χ0n) is 15.9. The fourth-order valence-electron chi connectivity index (χ4n) is 3.11. The first kappa shape index (κ1) is 19.6. The molecule has 148 valence electrons. The molecule has 1 aromatic heterocycles. The first-order valence-corrected chi connectivity index (χ1v) is 11.3. The third kappa shape index (κ3) is 4.65. The molecule has 2 heterocycles. The third-order valence-corrected chi connectivity index (χ3v) is 6.59. The third-order valence-electron chi connectivity index (χ3n) is 4.59. The maximum absolute atomic E-state index is 12.4. The maximum atomic E-state index is 12.4. The summed E-state index contributed by atoms with van der Waals surface area (Å²) in [5.41, 5.74) is 3.58. The SMILES string of the molecule is CSc1nc2ccc(NC(=O)CCC(=O)N3CCC(c4ccccc4)=N3)cc2s1. The summed E-state index contributed by atoms with van der Waals surface area (Å²) in [5.74, 6) is -0.313. The van der Waals surface area contributed by atoms with E-state index in [-0.39, 0.29) is 24.7 Å². The van der Waals surface area contributed by atoms with Crippen LogP contribution in [0.2, 0.25) is 0 Å². The van der Waals surface area contributed by atoms with Crippen molar-refractivity contribution in [2.75, 3.05) is 18.1 Å². The molecular weight excluding hydrogens is 404 g/mol. The van der Waals surface area contributed by atoms with Crippen LogP contribution in [0.3, 0.4) is 0 Å². The molecule has 0 saturated carbocycles. The molecule has 0 saturated heterocycles. The van der Waals surface area contributed by atoms with Crippen LogP contribution < -0.4 is 5.32 Å². The fourth-order valence-corrected chi connectivity index (χ4v) is 4.64. The van der Waals surface area contributed by atoms with Crippen molar-refractivity contribution in [2.24, 2.45) is 5.10 Å². The number of rotatable bonds is 6. The van der Waals surface area contributed by atoms with Gasteiger partial charge in [0.1, 0.15) is 0 Å². The van der Waals surface area contributed by atoms with Gasteiger partial charge in [-0.25, -0.2) is 9.99 Å². The van der Waals surface area contributed by atoms with E-state index in [2.05, 4.69) is 15.4 Å². The summed E-state index contributed by atoms with van der Waals surface area (Å²) in [4.78, 5) is 29.2. The van der Waals surface area contributed by atoms with Crippen molar-refractivity contribution < 1.29 is 9.59 Å². The van der Waals surface area contributed by atoms with E-state index in [1.165, 1.54) is 5.01 Å². The molecule has 0 radical (unpaired) electrons. The van der Waals surface area contributed by atoms with Gasteiger partial charge in [0.15, 0.2) is 4.34 Å². The van der Waals surface area contributed by atoms with Gasteiger partial charge < -0.3 is 5.32 Å². The van der Waals surface area contributed by atoms with E-state index in [1.807, 2.05) is 54.8 Å². The summed E-state index contributed by atoms with van der Waals surface area (Å²) in [6.07, 6.45) is 2.98. The van der Waals surface area contributed by atoms with Gasteiger partial charge in [-0.05, 0) is 30.0 Å². The molecule has 29 heavy (non-hydrogen) atoms. The summed E-state index contributed by atoms with van der Waals surface area (Å²) in [6, 6.07) is 15.5. The van der Waals surface area contributed by atoms with Gasteiger partial charge in [-0.1, -0.05) is 42.1 Å². The average Bonchev–Trinajstić information content (AvgIpc) is 3.39. The van der Waals surface area contributed by atoms with Crippen LogP contribution in [0.15, 0.2) is 58.0 Å². The number of aromatic nitrogens is 1. The van der Waals surface area contributed by atoms with Gasteiger partial charge in [-0.2, -0.15) is 5.10 Å². The van der Waals surface area contributed by atoms with Gasteiger partial charge in [0.25, 0.3) is 0 Å². The number of hydrogen-bond donors (Lipinski definition) is 1. The number of carbonyl (C=O) groups is 2. The molecular formula is C21H20N4O2S2. The van der Waals surface area contributed by atoms with Crippen LogP contribution in [0.5, 0.6) is 0 Å². The Kier molecular flexibility index (Phi) is 5.92. The molecule has 3 aromatic rings. The van der Waals surface area contributed by atoms with E-state index in [0.717, 1.165) is 37.9 Å². The number of anilines is 1. The average molecular weight is 425 g/mol. The van der Waals surface area contributed by atoms with E-state index in [0.29, 0.717) is 6.54 Å². The number of thioether (sulfide) groups is 1. The highest BCUT2D eigenvalue weighted by Gasteiger charge is 2.22. The van der Waals surface area contributed by atoms with Crippen LogP contribution >= 0.6 is 23.1 Å². The second kappa shape index (κ2) is 8.75. The van der Waals surface area contributed by atoms with E-state index in [9.17, 15) is 9.59 Å². The van der Waals surface area contributed by atoms with Crippen molar-refractivity contribution in [3.05, 3.63) is 54.1 Å². The van der Waals surface area contributed by atoms with Gasteiger partial charge in [-0.3, -0.25) is 9.59 Å². The molecule has 0 unspecified atom stereocenters. The molecule has 1 N–H and O–H groups in total. The fraction of sp³-hybridized carbons (Fsp3) is 0.238. The number of amides is 2. The minimum Gasteiger partial charge on any atom is -0.326 e. The van der Waals surface area contributed by atoms with Gasteiger partial charge in [0, 0.05) is 24.9 Å². The highest BCUT2D eigenvalue weighted by atomic mass is 32.2. The number of nitrogens with one attached hydrogen (secondary N) is 1. The van der Waals surface area contributed by atoms with Crippen molar-refractivity contribution in [3.63, 3.8) is 0 Å². The Hall–Kier alpha value is -2.71. The summed E-state index contributed by atoms with van der Waals surface area (Å²) < 4.78 is 2.03. The van der Waals surface area contributed by atoms with Gasteiger partial charge in [-0.15, -0.1) is 11.3 Å². The standard InChI is InChI=1S/C21H20N4O2S2/c1-28-21-23-17-8-7-15(13-18(17)29-21)22-19(26)9-10-20(27)25-12-11-16(24-25)14-5-3-2-4-6-14/h2-8,13H,9-12H2,1H3,(H,22,26). The number of hydrazone groups is 1. The number of thiazole rings is 1. The normalized spacial score (nSPS) is 13.6. The van der Waals surface area contributed by atoms with Crippen molar-refractivity contribution in [2.45, 2.75) is 23.6 Å². The first-order chi connectivity index (χ1) is 14.1. The van der Waals surface area contributed by atoms with E-state index in [1.54, 1.807) is 23.1 Å². The smallest absolute Gasteiger partial charge is 0.243 e. The second-order valence-electron chi connectivity index (χ2n) is 6.59. The molecule has 4 rings (SSSR count). The number of carbonyl (C=O) groups excluding carboxylic acids is 2. The largest absolute Gasteiger partial charge is 0.326 e. The molecule has 2 amide bonds. The van der Waals surface area contributed by atoms with Crippen LogP contribution in [0, 0.1) is 0 Å². The molecule has 1 aliphatic heterocycles. The lowest BCUT2D eigenvalue weighted by Crippen LogP contribution is -2.24. The van der Waals surface area contributed by atoms with Crippen molar-refractivity contribution in [1.29, 1.82) is 0 Å². The predicted molar refractivity (Wildman–Crippen MR) is 119 cm³/mol. The predicted octanol–water partition coefficient (Wildman–Crippen LogP) is 4.37. The molecule has 0 aliphatic carbocycles.